The van der Waals surface area contributed by atoms with Crippen molar-refractivity contribution in [2.75, 3.05) is 32.1 Å². The predicted molar refractivity (Wildman–Crippen MR) is 127 cm³/mol. The van der Waals surface area contributed by atoms with Crippen molar-refractivity contribution >= 4 is 27.5 Å². The number of sulfonamides is 1. The lowest BCUT2D eigenvalue weighted by Crippen LogP contribution is -2.38. The zero-order valence-electron chi connectivity index (χ0n) is 19.0. The number of carbonyl (C=O) groups is 2. The van der Waals surface area contributed by atoms with Crippen LogP contribution in [0.2, 0.25) is 0 Å². The number of hydrogen-bond donors (Lipinski definition) is 2. The monoisotopic (exact) mass is 499 g/mol. The highest BCUT2D eigenvalue weighted by atomic mass is 32.2. The van der Waals surface area contributed by atoms with Gasteiger partial charge in [0.05, 0.1) is 37.5 Å². The van der Waals surface area contributed by atoms with Crippen LogP contribution >= 0.6 is 0 Å². The number of hydrogen-bond acceptors (Lipinski definition) is 7. The maximum Gasteiger partial charge on any atom is 0.255 e. The van der Waals surface area contributed by atoms with Crippen LogP contribution in [0.15, 0.2) is 70.2 Å². The van der Waals surface area contributed by atoms with Gasteiger partial charge in [-0.3, -0.25) is 9.59 Å². The first kappa shape index (κ1) is 24.3. The Morgan fingerprint density at radius 1 is 1.00 bits per heavy atom. The van der Waals surface area contributed by atoms with Crippen LogP contribution in [0.4, 0.5) is 5.69 Å². The maximum atomic E-state index is 13.0. The summed E-state index contributed by atoms with van der Waals surface area (Å²) >= 11 is 0. The van der Waals surface area contributed by atoms with Crippen molar-refractivity contribution in [3.63, 3.8) is 0 Å². The summed E-state index contributed by atoms with van der Waals surface area (Å²) in [5, 5.41) is 5.34. The van der Waals surface area contributed by atoms with Crippen LogP contribution in [0.3, 0.4) is 0 Å². The molecule has 0 unspecified atom stereocenters. The van der Waals surface area contributed by atoms with Gasteiger partial charge in [-0.1, -0.05) is 6.07 Å². The second-order valence-corrected chi connectivity index (χ2v) is 9.86. The van der Waals surface area contributed by atoms with Crippen molar-refractivity contribution in [3.05, 3.63) is 72.2 Å². The molecule has 1 aliphatic heterocycles. The van der Waals surface area contributed by atoms with E-state index < -0.39 is 28.4 Å². The molecule has 2 aromatic carbocycles. The van der Waals surface area contributed by atoms with Gasteiger partial charge in [-0.15, -0.1) is 0 Å². The van der Waals surface area contributed by atoms with E-state index in [1.807, 2.05) is 0 Å². The first-order chi connectivity index (χ1) is 16.8. The quantitative estimate of drug-likeness (QED) is 0.488. The highest BCUT2D eigenvalue weighted by Gasteiger charge is 2.24. The number of amides is 2. The fourth-order valence-electron chi connectivity index (χ4n) is 3.36. The molecule has 4 rings (SSSR count). The minimum Gasteiger partial charge on any atom is -0.490 e. The van der Waals surface area contributed by atoms with Gasteiger partial charge < -0.3 is 24.5 Å². The number of nitrogens with one attached hydrogen (secondary N) is 2. The molecule has 1 aromatic heterocycles. The second kappa shape index (κ2) is 10.6. The lowest BCUT2D eigenvalue weighted by molar-refractivity contribution is -0.121. The molecule has 0 saturated heterocycles. The van der Waals surface area contributed by atoms with E-state index in [-0.39, 0.29) is 17.0 Å². The Labute approximate surface area is 202 Å². The Hall–Kier alpha value is -3.83. The lowest BCUT2D eigenvalue weighted by atomic mass is 10.2. The normalized spacial score (nSPS) is 13.2. The number of furan rings is 1. The van der Waals surface area contributed by atoms with Crippen LogP contribution in [0.1, 0.15) is 22.5 Å². The highest BCUT2D eigenvalue weighted by molar-refractivity contribution is 7.89. The van der Waals surface area contributed by atoms with E-state index in [1.54, 1.807) is 30.3 Å². The standard InChI is InChI=1S/C24H25N3O7S/c1-27(16-23(28)25-15-19-6-3-10-32-19)35(30,31)20-7-2-5-17(13-20)24(29)26-18-8-9-21-22(14-18)34-12-4-11-33-21/h2-3,5-10,13-14H,4,11-12,15-16H2,1H3,(H,25,28)(H,26,29). The first-order valence-corrected chi connectivity index (χ1v) is 12.3. The zero-order chi connectivity index (χ0) is 24.8. The van der Waals surface area contributed by atoms with Crippen molar-refractivity contribution in [2.45, 2.75) is 17.9 Å². The van der Waals surface area contributed by atoms with Crippen LogP contribution in [-0.2, 0) is 21.4 Å². The number of carbonyl (C=O) groups excluding carboxylic acids is 2. The van der Waals surface area contributed by atoms with Crippen LogP contribution in [0.25, 0.3) is 0 Å². The van der Waals surface area contributed by atoms with Gasteiger partial charge in [0.1, 0.15) is 5.76 Å². The minimum absolute atomic E-state index is 0.106. The topological polar surface area (TPSA) is 127 Å². The number of likely N-dealkylation sites (N-methyl/N-ethyl adjacent to an activating group) is 1. The maximum absolute atomic E-state index is 13.0. The van der Waals surface area contributed by atoms with Crippen molar-refractivity contribution in [2.24, 2.45) is 0 Å². The average Bonchev–Trinajstić information content (AvgIpc) is 3.27. The van der Waals surface area contributed by atoms with E-state index >= 15 is 0 Å². The van der Waals surface area contributed by atoms with Gasteiger partial charge in [0.2, 0.25) is 15.9 Å². The van der Waals surface area contributed by atoms with Crippen LogP contribution in [0.5, 0.6) is 11.5 Å². The molecule has 0 radical (unpaired) electrons. The van der Waals surface area contributed by atoms with Gasteiger partial charge in [-0.2, -0.15) is 4.31 Å². The summed E-state index contributed by atoms with van der Waals surface area (Å²) in [6.45, 7) is 0.824. The van der Waals surface area contributed by atoms with Gasteiger partial charge in [-0.05, 0) is 42.5 Å². The first-order valence-electron chi connectivity index (χ1n) is 10.9. The van der Waals surface area contributed by atoms with E-state index in [9.17, 15) is 18.0 Å². The van der Waals surface area contributed by atoms with Crippen molar-refractivity contribution < 1.29 is 31.9 Å². The fraction of sp³-hybridized carbons (Fsp3) is 0.250. The number of anilines is 1. The molecule has 0 bridgehead atoms. The highest BCUT2D eigenvalue weighted by Crippen LogP contribution is 2.32. The summed E-state index contributed by atoms with van der Waals surface area (Å²) in [5.74, 6) is 0.704. The molecule has 0 aliphatic carbocycles. The summed E-state index contributed by atoms with van der Waals surface area (Å²) in [4.78, 5) is 24.9. The third kappa shape index (κ3) is 6.00. The third-order valence-corrected chi connectivity index (χ3v) is 7.02. The molecule has 2 N–H and O–H groups in total. The average molecular weight is 500 g/mol. The van der Waals surface area contributed by atoms with Crippen molar-refractivity contribution in [3.8, 4) is 11.5 Å². The Morgan fingerprint density at radius 3 is 2.57 bits per heavy atom. The third-order valence-electron chi connectivity index (χ3n) is 5.22. The Balaban J connectivity index is 1.42. The Morgan fingerprint density at radius 2 is 1.80 bits per heavy atom. The molecular weight excluding hydrogens is 474 g/mol. The van der Waals surface area contributed by atoms with Gasteiger partial charge in [0.25, 0.3) is 5.91 Å². The summed E-state index contributed by atoms with van der Waals surface area (Å²) in [7, 11) is -2.72. The minimum atomic E-state index is -4.02. The number of ether oxygens (including phenoxy) is 2. The smallest absolute Gasteiger partial charge is 0.255 e. The van der Waals surface area contributed by atoms with Crippen LogP contribution < -0.4 is 20.1 Å². The Bertz CT molecular complexity index is 1310. The van der Waals surface area contributed by atoms with Crippen LogP contribution in [0, 0.1) is 0 Å². The van der Waals surface area contributed by atoms with Crippen molar-refractivity contribution in [1.82, 2.24) is 9.62 Å². The summed E-state index contributed by atoms with van der Waals surface area (Å²) in [5.41, 5.74) is 0.631. The molecule has 0 fully saturated rings. The van der Waals surface area contributed by atoms with Crippen LogP contribution in [-0.4, -0.2) is 51.3 Å². The molecule has 1 aliphatic rings. The van der Waals surface area contributed by atoms with Crippen molar-refractivity contribution in [1.29, 1.82) is 0 Å². The summed E-state index contributed by atoms with van der Waals surface area (Å²) in [6.07, 6.45) is 2.24. The summed E-state index contributed by atoms with van der Waals surface area (Å²) in [6, 6.07) is 14.1. The van der Waals surface area contributed by atoms with E-state index in [4.69, 9.17) is 13.9 Å². The molecule has 0 atom stereocenters. The molecular formula is C24H25N3O7S. The lowest BCUT2D eigenvalue weighted by Gasteiger charge is -2.17. The van der Waals surface area contributed by atoms with E-state index in [0.717, 1.165) is 10.7 Å². The van der Waals surface area contributed by atoms with Gasteiger partial charge >= 0.3 is 0 Å². The number of benzene rings is 2. The van der Waals surface area contributed by atoms with Gasteiger partial charge in [0.15, 0.2) is 11.5 Å². The number of fused-ring (bicyclic) bond motifs is 1. The summed E-state index contributed by atoms with van der Waals surface area (Å²) < 4.78 is 43.3. The van der Waals surface area contributed by atoms with E-state index in [0.29, 0.717) is 36.2 Å². The predicted octanol–water partition coefficient (Wildman–Crippen LogP) is 2.63. The molecule has 35 heavy (non-hydrogen) atoms. The molecule has 3 aromatic rings. The second-order valence-electron chi connectivity index (χ2n) is 7.81. The number of nitrogens with zero attached hydrogens (tertiary/aromatic N) is 1. The zero-order valence-corrected chi connectivity index (χ0v) is 19.8. The van der Waals surface area contributed by atoms with E-state index in [2.05, 4.69) is 10.6 Å². The molecule has 2 amide bonds. The van der Waals surface area contributed by atoms with Gasteiger partial charge in [-0.25, -0.2) is 8.42 Å². The number of rotatable bonds is 8. The molecule has 10 nitrogen and oxygen atoms in total. The molecule has 184 valence electrons. The molecule has 11 heteroatoms. The SMILES string of the molecule is CN(CC(=O)NCc1ccco1)S(=O)(=O)c1cccc(C(=O)Nc2ccc3c(c2)OCCCO3)c1. The molecule has 2 heterocycles. The van der Waals surface area contributed by atoms with E-state index in [1.165, 1.54) is 37.6 Å². The Kier molecular flexibility index (Phi) is 7.37. The largest absolute Gasteiger partial charge is 0.490 e. The molecule has 0 spiro atoms. The van der Waals surface area contributed by atoms with Gasteiger partial charge in [0, 0.05) is 30.8 Å². The molecule has 0 saturated carbocycles. The fourth-order valence-corrected chi connectivity index (χ4v) is 4.54.